The summed E-state index contributed by atoms with van der Waals surface area (Å²) in [6.45, 7) is 5.58. The monoisotopic (exact) mass is 468 g/mol. The first kappa shape index (κ1) is 20.0. The predicted octanol–water partition coefficient (Wildman–Crippen LogP) is 3.72. The minimum atomic E-state index is -1.11. The molecule has 0 spiro atoms. The Morgan fingerprint density at radius 1 is 1.30 bits per heavy atom. The number of anilines is 1. The van der Waals surface area contributed by atoms with Gasteiger partial charge in [-0.15, -0.1) is 0 Å². The number of hydrogen-bond acceptors (Lipinski definition) is 5. The molecule has 2 aliphatic heterocycles. The van der Waals surface area contributed by atoms with Crippen molar-refractivity contribution in [2.24, 2.45) is 11.8 Å². The lowest BCUT2D eigenvalue weighted by molar-refractivity contribution is -0.147. The van der Waals surface area contributed by atoms with E-state index in [1.54, 1.807) is 25.1 Å². The Morgan fingerprint density at radius 3 is 2.56 bits per heavy atom. The summed E-state index contributed by atoms with van der Waals surface area (Å²) in [5, 5.41) is 12.5. The van der Waals surface area contributed by atoms with E-state index in [1.165, 1.54) is 0 Å². The molecule has 3 rings (SSSR count). The van der Waals surface area contributed by atoms with E-state index in [9.17, 15) is 19.5 Å². The molecular weight excluding hydrogens is 452 g/mol. The predicted molar refractivity (Wildman–Crippen MR) is 112 cm³/mol. The number of rotatable bonds is 4. The molecule has 0 bridgehead atoms. The second kappa shape index (κ2) is 7.37. The van der Waals surface area contributed by atoms with Crippen LogP contribution >= 0.6 is 39.9 Å². The van der Waals surface area contributed by atoms with Crippen molar-refractivity contribution in [2.75, 3.05) is 5.32 Å². The summed E-state index contributed by atoms with van der Waals surface area (Å²) in [6.07, 6.45) is 0. The number of aliphatic carboxylic acids is 1. The molecule has 2 heterocycles. The molecule has 1 aromatic rings. The molecule has 0 radical (unpaired) electrons. The molecule has 2 amide bonds. The smallest absolute Gasteiger partial charge is 0.327 e. The average molecular weight is 469 g/mol. The van der Waals surface area contributed by atoms with Crippen LogP contribution < -0.4 is 5.32 Å². The second-order valence-electron chi connectivity index (χ2n) is 6.78. The lowest BCUT2D eigenvalue weighted by Crippen LogP contribution is -2.49. The van der Waals surface area contributed by atoms with E-state index >= 15 is 0 Å². The zero-order chi connectivity index (χ0) is 20.0. The highest BCUT2D eigenvalue weighted by Crippen LogP contribution is 2.44. The van der Waals surface area contributed by atoms with E-state index in [0.29, 0.717) is 11.3 Å². The Hall–Kier alpha value is -1.71. The highest BCUT2D eigenvalue weighted by Gasteiger charge is 2.46. The van der Waals surface area contributed by atoms with Crippen molar-refractivity contribution in [3.63, 3.8) is 0 Å². The lowest BCUT2D eigenvalue weighted by Gasteiger charge is -2.30. The molecule has 1 fully saturated rings. The van der Waals surface area contributed by atoms with Gasteiger partial charge in [-0.3, -0.25) is 14.5 Å². The van der Waals surface area contributed by atoms with Gasteiger partial charge in [0, 0.05) is 15.7 Å². The standard InChI is InChI=1S/C18H17BrN2O4S2/c1-7(2)8(3)13(17(24)25)21-16(23)14(27-18(21)26)12-10-6-9(19)4-5-11(10)20-15(12)22/h4-8,13H,1-3H3,(H,20,22)(H,24,25). The fraction of sp³-hybridized carbons (Fsp3) is 0.333. The van der Waals surface area contributed by atoms with Crippen LogP contribution in [0.4, 0.5) is 5.69 Å². The van der Waals surface area contributed by atoms with Gasteiger partial charge in [0.25, 0.3) is 11.8 Å². The van der Waals surface area contributed by atoms with E-state index < -0.39 is 23.8 Å². The molecule has 2 unspecified atom stereocenters. The molecular formula is C18H17BrN2O4S2. The number of carboxylic acid groups (broad SMARTS) is 1. The first-order valence-corrected chi connectivity index (χ1v) is 10.3. The topological polar surface area (TPSA) is 86.7 Å². The van der Waals surface area contributed by atoms with Crippen molar-refractivity contribution in [1.82, 2.24) is 4.90 Å². The van der Waals surface area contributed by atoms with Crippen LogP contribution in [0.25, 0.3) is 5.57 Å². The fourth-order valence-electron chi connectivity index (χ4n) is 3.07. The van der Waals surface area contributed by atoms with E-state index in [4.69, 9.17) is 12.2 Å². The summed E-state index contributed by atoms with van der Waals surface area (Å²) < 4.78 is 0.918. The highest BCUT2D eigenvalue weighted by molar-refractivity contribution is 9.10. The molecule has 2 aliphatic rings. The Balaban J connectivity index is 2.09. The first-order chi connectivity index (χ1) is 12.6. The SMILES string of the molecule is CC(C)C(C)C(C(=O)O)N1C(=O)C(=C2C(=O)Nc3ccc(Br)cc32)SC1=S. The van der Waals surface area contributed by atoms with Gasteiger partial charge in [-0.2, -0.15) is 0 Å². The number of nitrogens with one attached hydrogen (secondary N) is 1. The number of hydrogen-bond donors (Lipinski definition) is 2. The number of benzene rings is 1. The van der Waals surface area contributed by atoms with Gasteiger partial charge in [-0.05, 0) is 30.0 Å². The molecule has 2 atom stereocenters. The number of thiocarbonyl (C=S) groups is 1. The first-order valence-electron chi connectivity index (χ1n) is 8.27. The van der Waals surface area contributed by atoms with Crippen molar-refractivity contribution in [3.8, 4) is 0 Å². The summed E-state index contributed by atoms with van der Waals surface area (Å²) >= 11 is 9.67. The van der Waals surface area contributed by atoms with E-state index in [1.807, 2.05) is 13.8 Å². The molecule has 0 saturated carbocycles. The van der Waals surface area contributed by atoms with Crippen LogP contribution in [0.5, 0.6) is 0 Å². The van der Waals surface area contributed by atoms with Crippen LogP contribution in [0.1, 0.15) is 26.3 Å². The number of fused-ring (bicyclic) bond motifs is 1. The molecule has 6 nitrogen and oxygen atoms in total. The van der Waals surface area contributed by atoms with Crippen LogP contribution in [-0.2, 0) is 14.4 Å². The molecule has 1 aromatic carbocycles. The highest BCUT2D eigenvalue weighted by atomic mass is 79.9. The van der Waals surface area contributed by atoms with Gasteiger partial charge >= 0.3 is 5.97 Å². The number of carbonyl (C=O) groups excluding carboxylic acids is 2. The van der Waals surface area contributed by atoms with Crippen molar-refractivity contribution in [3.05, 3.63) is 33.1 Å². The minimum Gasteiger partial charge on any atom is -0.480 e. The van der Waals surface area contributed by atoms with Gasteiger partial charge in [0.15, 0.2) is 0 Å². The fourth-order valence-corrected chi connectivity index (χ4v) is 4.84. The third-order valence-corrected chi connectivity index (χ3v) is 6.73. The van der Waals surface area contributed by atoms with Crippen LogP contribution in [0.15, 0.2) is 27.6 Å². The minimum absolute atomic E-state index is 0.0369. The number of nitrogens with zero attached hydrogens (tertiary/aromatic N) is 1. The van der Waals surface area contributed by atoms with Crippen LogP contribution in [0, 0.1) is 11.8 Å². The Kier molecular flexibility index (Phi) is 5.47. The Labute approximate surface area is 174 Å². The third kappa shape index (κ3) is 3.43. The normalized spacial score (nSPS) is 21.5. The molecule has 1 saturated heterocycles. The van der Waals surface area contributed by atoms with Gasteiger partial charge < -0.3 is 10.4 Å². The van der Waals surface area contributed by atoms with Crippen LogP contribution in [0.2, 0.25) is 0 Å². The van der Waals surface area contributed by atoms with Crippen molar-refractivity contribution in [1.29, 1.82) is 0 Å². The zero-order valence-corrected chi connectivity index (χ0v) is 18.0. The number of thioether (sulfide) groups is 1. The summed E-state index contributed by atoms with van der Waals surface area (Å²) in [5.74, 6) is -2.32. The van der Waals surface area contributed by atoms with Crippen molar-refractivity contribution >= 4 is 73.3 Å². The lowest BCUT2D eigenvalue weighted by atomic mass is 9.89. The van der Waals surface area contributed by atoms with Gasteiger partial charge in [-0.1, -0.05) is 60.7 Å². The molecule has 0 aliphatic carbocycles. The van der Waals surface area contributed by atoms with E-state index in [0.717, 1.165) is 21.1 Å². The van der Waals surface area contributed by atoms with Crippen LogP contribution in [-0.4, -0.2) is 38.2 Å². The Morgan fingerprint density at radius 2 is 1.96 bits per heavy atom. The van der Waals surface area contributed by atoms with Gasteiger partial charge in [0.05, 0.1) is 10.5 Å². The third-order valence-electron chi connectivity index (χ3n) is 4.83. The van der Waals surface area contributed by atoms with E-state index in [2.05, 4.69) is 21.2 Å². The maximum absolute atomic E-state index is 13.1. The molecule has 142 valence electrons. The number of carboxylic acids is 1. The number of amides is 2. The van der Waals surface area contributed by atoms with Crippen molar-refractivity contribution < 1.29 is 19.5 Å². The largest absolute Gasteiger partial charge is 0.480 e. The number of carbonyl (C=O) groups is 3. The van der Waals surface area contributed by atoms with Gasteiger partial charge in [0.2, 0.25) is 0 Å². The van der Waals surface area contributed by atoms with E-state index in [-0.39, 0.29) is 26.6 Å². The second-order valence-corrected chi connectivity index (χ2v) is 9.34. The maximum atomic E-state index is 13.1. The molecule has 27 heavy (non-hydrogen) atoms. The summed E-state index contributed by atoms with van der Waals surface area (Å²) in [6, 6.07) is 4.20. The molecule has 9 heteroatoms. The van der Waals surface area contributed by atoms with Gasteiger partial charge in [0.1, 0.15) is 10.4 Å². The summed E-state index contributed by atoms with van der Waals surface area (Å²) in [5.41, 5.74) is 1.43. The zero-order valence-electron chi connectivity index (χ0n) is 14.8. The molecule has 0 aromatic heterocycles. The van der Waals surface area contributed by atoms with Crippen LogP contribution in [0.3, 0.4) is 0 Å². The van der Waals surface area contributed by atoms with Gasteiger partial charge in [-0.25, -0.2) is 4.79 Å². The average Bonchev–Trinajstić information content (AvgIpc) is 3.04. The van der Waals surface area contributed by atoms with Crippen molar-refractivity contribution in [2.45, 2.75) is 26.8 Å². The summed E-state index contributed by atoms with van der Waals surface area (Å²) in [4.78, 5) is 38.8. The molecule has 2 N–H and O–H groups in total. The Bertz CT molecular complexity index is 913. The number of halogens is 1. The maximum Gasteiger partial charge on any atom is 0.327 e. The quantitative estimate of drug-likeness (QED) is 0.517. The summed E-state index contributed by atoms with van der Waals surface area (Å²) in [7, 11) is 0.